The quantitative estimate of drug-likeness (QED) is 0.262. The Bertz CT molecular complexity index is 633. The number of rotatable bonds is 7. The van der Waals surface area contributed by atoms with Crippen LogP contribution in [0.2, 0.25) is 0 Å². The van der Waals surface area contributed by atoms with E-state index in [0.717, 1.165) is 44.9 Å². The Hall–Kier alpha value is -1.31. The molecule has 1 saturated carbocycles. The van der Waals surface area contributed by atoms with Gasteiger partial charge in [0.25, 0.3) is 0 Å². The first-order chi connectivity index (χ1) is 13.2. The van der Waals surface area contributed by atoms with E-state index in [-0.39, 0.29) is 35.8 Å². The molecule has 3 rings (SSSR count). The second-order valence-corrected chi connectivity index (χ2v) is 7.72. The number of piperidine rings is 1. The predicted molar refractivity (Wildman–Crippen MR) is 126 cm³/mol. The average molecular weight is 498 g/mol. The van der Waals surface area contributed by atoms with Gasteiger partial charge in [-0.3, -0.25) is 9.79 Å². The Kier molecular flexibility index (Phi) is 9.55. The van der Waals surface area contributed by atoms with Crippen LogP contribution in [0, 0.1) is 11.8 Å². The summed E-state index contributed by atoms with van der Waals surface area (Å²) in [6.07, 6.45) is 4.43. The summed E-state index contributed by atoms with van der Waals surface area (Å²) in [6, 6.07) is 10.9. The predicted octanol–water partition coefficient (Wildman–Crippen LogP) is 3.61. The molecule has 0 spiro atoms. The van der Waals surface area contributed by atoms with E-state index in [9.17, 15) is 4.79 Å². The number of likely N-dealkylation sites (tertiary alicyclic amines) is 1. The van der Waals surface area contributed by atoms with Crippen LogP contribution in [-0.4, -0.2) is 49.5 Å². The standard InChI is InChI=1S/C22H34N4O.HI/c1-3-17-16-26(15-12-20(17)18-8-6-5-7-9-18)22(23-4-2)25-14-13-24-21(27)19-10-11-19;/h5-9,17,19-20H,3-4,10-16H2,1-2H3,(H,23,25)(H,24,27);1H. The maximum Gasteiger partial charge on any atom is 0.223 e. The van der Waals surface area contributed by atoms with E-state index in [1.165, 1.54) is 12.0 Å². The Morgan fingerprint density at radius 1 is 1.14 bits per heavy atom. The number of hydrogen-bond donors (Lipinski definition) is 2. The molecule has 6 heteroatoms. The fourth-order valence-corrected chi connectivity index (χ4v) is 4.03. The van der Waals surface area contributed by atoms with E-state index in [2.05, 4.69) is 59.7 Å². The minimum atomic E-state index is 0. The van der Waals surface area contributed by atoms with Crippen LogP contribution in [0.5, 0.6) is 0 Å². The van der Waals surface area contributed by atoms with Crippen LogP contribution in [-0.2, 0) is 4.79 Å². The molecule has 1 aromatic rings. The molecule has 2 N–H and O–H groups in total. The molecule has 28 heavy (non-hydrogen) atoms. The van der Waals surface area contributed by atoms with Gasteiger partial charge in [0.1, 0.15) is 0 Å². The van der Waals surface area contributed by atoms with E-state index in [0.29, 0.717) is 24.9 Å². The molecule has 1 aromatic carbocycles. The van der Waals surface area contributed by atoms with Gasteiger partial charge in [-0.1, -0.05) is 43.7 Å². The summed E-state index contributed by atoms with van der Waals surface area (Å²) in [7, 11) is 0. The highest BCUT2D eigenvalue weighted by molar-refractivity contribution is 14.0. The first-order valence-electron chi connectivity index (χ1n) is 10.6. The molecule has 1 heterocycles. The largest absolute Gasteiger partial charge is 0.357 e. The van der Waals surface area contributed by atoms with Gasteiger partial charge in [-0.25, -0.2) is 0 Å². The molecule has 2 fully saturated rings. The first-order valence-corrected chi connectivity index (χ1v) is 10.6. The van der Waals surface area contributed by atoms with Crippen molar-refractivity contribution in [1.82, 2.24) is 15.5 Å². The lowest BCUT2D eigenvalue weighted by Crippen LogP contribution is -2.48. The maximum atomic E-state index is 11.7. The molecule has 1 amide bonds. The molecule has 1 aliphatic heterocycles. The zero-order valence-electron chi connectivity index (χ0n) is 17.2. The Morgan fingerprint density at radius 2 is 1.89 bits per heavy atom. The van der Waals surface area contributed by atoms with Gasteiger partial charge in [-0.2, -0.15) is 0 Å². The molecule has 2 atom stereocenters. The monoisotopic (exact) mass is 498 g/mol. The number of hydrogen-bond acceptors (Lipinski definition) is 2. The lowest BCUT2D eigenvalue weighted by molar-refractivity contribution is -0.122. The summed E-state index contributed by atoms with van der Waals surface area (Å²) in [5.41, 5.74) is 1.47. The van der Waals surface area contributed by atoms with E-state index in [1.54, 1.807) is 0 Å². The number of halogens is 1. The zero-order valence-corrected chi connectivity index (χ0v) is 19.5. The molecule has 1 saturated heterocycles. The van der Waals surface area contributed by atoms with Crippen LogP contribution >= 0.6 is 24.0 Å². The molecule has 2 aliphatic rings. The van der Waals surface area contributed by atoms with E-state index in [1.807, 2.05) is 0 Å². The Labute approximate surface area is 186 Å². The molecular formula is C22H35IN4O. The van der Waals surface area contributed by atoms with Crippen molar-refractivity contribution in [3.05, 3.63) is 35.9 Å². The summed E-state index contributed by atoms with van der Waals surface area (Å²) in [4.78, 5) is 18.9. The molecule has 0 bridgehead atoms. The van der Waals surface area contributed by atoms with Crippen LogP contribution in [0.1, 0.15) is 51.0 Å². The summed E-state index contributed by atoms with van der Waals surface area (Å²) in [5, 5.41) is 6.44. The third-order valence-corrected chi connectivity index (χ3v) is 5.74. The van der Waals surface area contributed by atoms with E-state index in [4.69, 9.17) is 4.99 Å². The molecular weight excluding hydrogens is 463 g/mol. The smallest absolute Gasteiger partial charge is 0.223 e. The maximum absolute atomic E-state index is 11.7. The third-order valence-electron chi connectivity index (χ3n) is 5.74. The lowest BCUT2D eigenvalue weighted by Gasteiger charge is -2.40. The van der Waals surface area contributed by atoms with Crippen molar-refractivity contribution in [3.63, 3.8) is 0 Å². The molecule has 0 aromatic heterocycles. The molecule has 2 unspecified atom stereocenters. The van der Waals surface area contributed by atoms with Crippen LogP contribution < -0.4 is 10.6 Å². The summed E-state index contributed by atoms with van der Waals surface area (Å²) in [5.74, 6) is 2.73. The number of nitrogens with one attached hydrogen (secondary N) is 2. The van der Waals surface area contributed by atoms with Gasteiger partial charge in [0.15, 0.2) is 5.96 Å². The van der Waals surface area contributed by atoms with Crippen molar-refractivity contribution in [3.8, 4) is 0 Å². The SMILES string of the molecule is CCNC(=NCCNC(=O)C1CC1)N1CCC(c2ccccc2)C(CC)C1.I. The number of carbonyl (C=O) groups excluding carboxylic acids is 1. The topological polar surface area (TPSA) is 56.7 Å². The van der Waals surface area contributed by atoms with E-state index >= 15 is 0 Å². The number of aliphatic imine (C=N–C) groups is 1. The molecule has 1 aliphatic carbocycles. The van der Waals surface area contributed by atoms with Crippen LogP contribution in [0.15, 0.2) is 35.3 Å². The number of carbonyl (C=O) groups is 1. The number of benzene rings is 1. The van der Waals surface area contributed by atoms with Crippen molar-refractivity contribution in [2.75, 3.05) is 32.7 Å². The first kappa shape index (κ1) is 23.0. The van der Waals surface area contributed by atoms with Gasteiger partial charge in [0.05, 0.1) is 6.54 Å². The summed E-state index contributed by atoms with van der Waals surface area (Å²) >= 11 is 0. The van der Waals surface area contributed by atoms with Crippen molar-refractivity contribution in [2.45, 2.75) is 45.4 Å². The number of nitrogens with zero attached hydrogens (tertiary/aromatic N) is 2. The summed E-state index contributed by atoms with van der Waals surface area (Å²) in [6.45, 7) is 8.59. The third kappa shape index (κ3) is 6.36. The van der Waals surface area contributed by atoms with Crippen molar-refractivity contribution in [2.24, 2.45) is 16.8 Å². The van der Waals surface area contributed by atoms with Gasteiger partial charge in [0.2, 0.25) is 5.91 Å². The highest BCUT2D eigenvalue weighted by atomic mass is 127. The van der Waals surface area contributed by atoms with Crippen molar-refractivity contribution in [1.29, 1.82) is 0 Å². The average Bonchev–Trinajstić information content (AvgIpc) is 3.56. The van der Waals surface area contributed by atoms with Gasteiger partial charge in [0, 0.05) is 32.1 Å². The minimum Gasteiger partial charge on any atom is -0.357 e. The second kappa shape index (κ2) is 11.6. The normalized spacial score (nSPS) is 22.4. The fourth-order valence-electron chi connectivity index (χ4n) is 4.03. The highest BCUT2D eigenvalue weighted by Crippen LogP contribution is 2.34. The van der Waals surface area contributed by atoms with E-state index < -0.39 is 0 Å². The summed E-state index contributed by atoms with van der Waals surface area (Å²) < 4.78 is 0. The van der Waals surface area contributed by atoms with Crippen LogP contribution in [0.25, 0.3) is 0 Å². The second-order valence-electron chi connectivity index (χ2n) is 7.72. The Balaban J connectivity index is 0.00000280. The van der Waals surface area contributed by atoms with Gasteiger partial charge >= 0.3 is 0 Å². The molecule has 156 valence electrons. The van der Waals surface area contributed by atoms with Gasteiger partial charge in [-0.05, 0) is 43.6 Å². The zero-order chi connectivity index (χ0) is 19.1. The van der Waals surface area contributed by atoms with Crippen LogP contribution in [0.4, 0.5) is 0 Å². The highest BCUT2D eigenvalue weighted by Gasteiger charge is 2.31. The number of amides is 1. The van der Waals surface area contributed by atoms with Crippen LogP contribution in [0.3, 0.4) is 0 Å². The fraction of sp³-hybridized carbons (Fsp3) is 0.636. The van der Waals surface area contributed by atoms with Gasteiger partial charge < -0.3 is 15.5 Å². The molecule has 0 radical (unpaired) electrons. The Morgan fingerprint density at radius 3 is 2.54 bits per heavy atom. The van der Waals surface area contributed by atoms with Crippen molar-refractivity contribution < 1.29 is 4.79 Å². The van der Waals surface area contributed by atoms with Gasteiger partial charge in [-0.15, -0.1) is 24.0 Å². The minimum absolute atomic E-state index is 0. The van der Waals surface area contributed by atoms with Crippen molar-refractivity contribution >= 4 is 35.8 Å². The lowest BCUT2D eigenvalue weighted by atomic mass is 9.79. The molecule has 5 nitrogen and oxygen atoms in total. The number of guanidine groups is 1.